The highest BCUT2D eigenvalue weighted by molar-refractivity contribution is 7.92. The Labute approximate surface area is 187 Å². The van der Waals surface area contributed by atoms with Gasteiger partial charge in [0.25, 0.3) is 10.0 Å². The molecular weight excluding hydrogens is 431 g/mol. The quantitative estimate of drug-likeness (QED) is 0.497. The van der Waals surface area contributed by atoms with Crippen LogP contribution in [0, 0.1) is 19.7 Å². The van der Waals surface area contributed by atoms with Gasteiger partial charge in [-0.1, -0.05) is 36.4 Å². The molecule has 0 fully saturated rings. The summed E-state index contributed by atoms with van der Waals surface area (Å²) in [6, 6.07) is 18.8. The van der Waals surface area contributed by atoms with Gasteiger partial charge in [-0.15, -0.1) is 0 Å². The van der Waals surface area contributed by atoms with Crippen LogP contribution in [0.4, 0.5) is 10.1 Å². The number of nitrogens with one attached hydrogen (secondary N) is 1. The summed E-state index contributed by atoms with van der Waals surface area (Å²) in [5, 5.41) is 2.63. The molecule has 0 bridgehead atoms. The molecule has 0 unspecified atom stereocenters. The van der Waals surface area contributed by atoms with Crippen molar-refractivity contribution in [3.63, 3.8) is 0 Å². The van der Waals surface area contributed by atoms with E-state index < -0.39 is 28.3 Å². The van der Waals surface area contributed by atoms with E-state index in [4.69, 9.17) is 4.74 Å². The van der Waals surface area contributed by atoms with Crippen molar-refractivity contribution in [3.05, 3.63) is 89.7 Å². The Morgan fingerprint density at radius 3 is 2.34 bits per heavy atom. The number of carbonyl (C=O) groups is 1. The number of sulfonamides is 1. The average molecular weight is 457 g/mol. The second-order valence-electron chi connectivity index (χ2n) is 7.22. The molecule has 1 N–H and O–H groups in total. The summed E-state index contributed by atoms with van der Waals surface area (Å²) >= 11 is 0. The van der Waals surface area contributed by atoms with E-state index in [0.717, 1.165) is 21.5 Å². The first-order chi connectivity index (χ1) is 15.3. The van der Waals surface area contributed by atoms with Gasteiger partial charge in [0, 0.05) is 0 Å². The van der Waals surface area contributed by atoms with Gasteiger partial charge in [-0.3, -0.25) is 9.10 Å². The fraction of sp³-hybridized carbons (Fsp3) is 0.208. The lowest BCUT2D eigenvalue weighted by atomic mass is 10.1. The van der Waals surface area contributed by atoms with E-state index in [9.17, 15) is 17.6 Å². The van der Waals surface area contributed by atoms with Crippen molar-refractivity contribution >= 4 is 21.6 Å². The van der Waals surface area contributed by atoms with Crippen LogP contribution in [0.1, 0.15) is 11.1 Å². The first-order valence-electron chi connectivity index (χ1n) is 10.1. The molecule has 3 aromatic carbocycles. The van der Waals surface area contributed by atoms with E-state index in [1.54, 1.807) is 18.2 Å². The number of hydrogen-bond acceptors (Lipinski definition) is 4. The minimum absolute atomic E-state index is 0.0332. The summed E-state index contributed by atoms with van der Waals surface area (Å²) < 4.78 is 47.1. The molecule has 0 saturated carbocycles. The van der Waals surface area contributed by atoms with Crippen LogP contribution < -0.4 is 14.4 Å². The minimum atomic E-state index is -4.15. The first kappa shape index (κ1) is 23.3. The monoisotopic (exact) mass is 456 g/mol. The van der Waals surface area contributed by atoms with Gasteiger partial charge in [0.1, 0.15) is 24.7 Å². The SMILES string of the molecule is Cc1ccc(OCCNC(=O)CN(c2ccccc2F)S(=O)(=O)c2ccccc2)cc1C. The van der Waals surface area contributed by atoms with Crippen LogP contribution in [0.15, 0.2) is 77.7 Å². The van der Waals surface area contributed by atoms with Crippen molar-refractivity contribution in [3.8, 4) is 5.75 Å². The molecule has 0 heterocycles. The topological polar surface area (TPSA) is 75.7 Å². The number of nitrogens with zero attached hydrogens (tertiary/aromatic N) is 1. The van der Waals surface area contributed by atoms with Gasteiger partial charge in [0.15, 0.2) is 0 Å². The molecule has 3 rings (SSSR count). The molecular formula is C24H25FN2O4S. The van der Waals surface area contributed by atoms with E-state index >= 15 is 0 Å². The van der Waals surface area contributed by atoms with Gasteiger partial charge < -0.3 is 10.1 Å². The van der Waals surface area contributed by atoms with Crippen molar-refractivity contribution in [2.45, 2.75) is 18.7 Å². The molecule has 32 heavy (non-hydrogen) atoms. The number of para-hydroxylation sites is 1. The van der Waals surface area contributed by atoms with Gasteiger partial charge in [-0.25, -0.2) is 12.8 Å². The second kappa shape index (κ2) is 10.3. The Morgan fingerprint density at radius 2 is 1.66 bits per heavy atom. The molecule has 0 aliphatic carbocycles. The van der Waals surface area contributed by atoms with Crippen molar-refractivity contribution in [1.29, 1.82) is 0 Å². The number of ether oxygens (including phenoxy) is 1. The summed E-state index contributed by atoms with van der Waals surface area (Å²) in [6.07, 6.45) is 0. The molecule has 0 aliphatic heterocycles. The van der Waals surface area contributed by atoms with Gasteiger partial charge in [0.2, 0.25) is 5.91 Å². The number of anilines is 1. The zero-order chi connectivity index (χ0) is 23.1. The highest BCUT2D eigenvalue weighted by Gasteiger charge is 2.28. The van der Waals surface area contributed by atoms with E-state index in [0.29, 0.717) is 5.75 Å². The maximum Gasteiger partial charge on any atom is 0.264 e. The molecule has 0 aliphatic rings. The van der Waals surface area contributed by atoms with Gasteiger partial charge >= 0.3 is 0 Å². The van der Waals surface area contributed by atoms with Crippen molar-refractivity contribution in [2.24, 2.45) is 0 Å². The normalized spacial score (nSPS) is 11.1. The number of aryl methyl sites for hydroxylation is 2. The third-order valence-corrected chi connectivity index (χ3v) is 6.68. The van der Waals surface area contributed by atoms with E-state index in [2.05, 4.69) is 5.32 Å². The standard InChI is InChI=1S/C24H25FN2O4S/c1-18-12-13-20(16-19(18)2)31-15-14-26-24(28)17-27(23-11-7-6-10-22(23)25)32(29,30)21-8-4-3-5-9-21/h3-13,16H,14-15,17H2,1-2H3,(H,26,28). The molecule has 168 valence electrons. The first-order valence-corrected chi connectivity index (χ1v) is 11.5. The van der Waals surface area contributed by atoms with Gasteiger partial charge in [0.05, 0.1) is 17.1 Å². The van der Waals surface area contributed by atoms with Crippen LogP contribution in [0.3, 0.4) is 0 Å². The largest absolute Gasteiger partial charge is 0.492 e. The molecule has 0 atom stereocenters. The van der Waals surface area contributed by atoms with Crippen molar-refractivity contribution < 1.29 is 22.3 Å². The zero-order valence-electron chi connectivity index (χ0n) is 17.9. The number of rotatable bonds is 9. The Kier molecular flexibility index (Phi) is 7.48. The average Bonchev–Trinajstić information content (AvgIpc) is 2.78. The van der Waals surface area contributed by atoms with Crippen molar-refractivity contribution in [1.82, 2.24) is 5.32 Å². The molecule has 3 aromatic rings. The summed E-state index contributed by atoms with van der Waals surface area (Å²) in [6.45, 7) is 3.79. The molecule has 0 spiro atoms. The lowest BCUT2D eigenvalue weighted by Gasteiger charge is -2.24. The van der Waals surface area contributed by atoms with E-state index in [-0.39, 0.29) is 23.7 Å². The predicted octanol–water partition coefficient (Wildman–Crippen LogP) is 3.83. The number of benzene rings is 3. The molecule has 8 heteroatoms. The van der Waals surface area contributed by atoms with Crippen LogP contribution in [0.2, 0.25) is 0 Å². The van der Waals surface area contributed by atoms with E-state index in [1.165, 1.54) is 30.3 Å². The number of halogens is 1. The van der Waals surface area contributed by atoms with Crippen LogP contribution in [-0.2, 0) is 14.8 Å². The zero-order valence-corrected chi connectivity index (χ0v) is 18.7. The van der Waals surface area contributed by atoms with Gasteiger partial charge in [-0.2, -0.15) is 0 Å². The van der Waals surface area contributed by atoms with Crippen LogP contribution in [-0.4, -0.2) is 34.0 Å². The second-order valence-corrected chi connectivity index (χ2v) is 9.08. The number of carbonyl (C=O) groups excluding carboxylic acids is 1. The Hall–Kier alpha value is -3.39. The highest BCUT2D eigenvalue weighted by atomic mass is 32.2. The minimum Gasteiger partial charge on any atom is -0.492 e. The van der Waals surface area contributed by atoms with Crippen LogP contribution in [0.25, 0.3) is 0 Å². The van der Waals surface area contributed by atoms with Crippen molar-refractivity contribution in [2.75, 3.05) is 24.0 Å². The summed E-state index contributed by atoms with van der Waals surface area (Å²) in [5.41, 5.74) is 2.05. The lowest BCUT2D eigenvalue weighted by molar-refractivity contribution is -0.119. The smallest absolute Gasteiger partial charge is 0.264 e. The molecule has 6 nitrogen and oxygen atoms in total. The summed E-state index contributed by atoms with van der Waals surface area (Å²) in [7, 11) is -4.15. The Bertz CT molecular complexity index is 1180. The summed E-state index contributed by atoms with van der Waals surface area (Å²) in [4.78, 5) is 12.5. The lowest BCUT2D eigenvalue weighted by Crippen LogP contribution is -2.42. The summed E-state index contributed by atoms with van der Waals surface area (Å²) in [5.74, 6) is -0.628. The van der Waals surface area contributed by atoms with Crippen LogP contribution >= 0.6 is 0 Å². The fourth-order valence-electron chi connectivity index (χ4n) is 3.02. The maximum atomic E-state index is 14.4. The predicted molar refractivity (Wildman–Crippen MR) is 122 cm³/mol. The third kappa shape index (κ3) is 5.64. The van der Waals surface area contributed by atoms with Crippen LogP contribution in [0.5, 0.6) is 5.75 Å². The molecule has 0 radical (unpaired) electrons. The molecule has 1 amide bonds. The molecule has 0 saturated heterocycles. The fourth-order valence-corrected chi connectivity index (χ4v) is 4.47. The Morgan fingerprint density at radius 1 is 0.969 bits per heavy atom. The molecule has 0 aromatic heterocycles. The third-order valence-electron chi connectivity index (χ3n) is 4.91. The Balaban J connectivity index is 1.69. The highest BCUT2D eigenvalue weighted by Crippen LogP contribution is 2.26. The number of amides is 1. The number of hydrogen-bond donors (Lipinski definition) is 1. The van der Waals surface area contributed by atoms with Gasteiger partial charge in [-0.05, 0) is 61.4 Å². The maximum absolute atomic E-state index is 14.4. The van der Waals surface area contributed by atoms with E-state index in [1.807, 2.05) is 32.0 Å².